The second-order valence-electron chi connectivity index (χ2n) is 3.97. The van der Waals surface area contributed by atoms with Crippen molar-refractivity contribution in [1.29, 1.82) is 0 Å². The number of hydrogen-bond acceptors (Lipinski definition) is 3. The molecule has 3 nitrogen and oxygen atoms in total. The third kappa shape index (κ3) is 2.65. The molecule has 0 atom stereocenters. The molecule has 1 heterocycles. The second-order valence-corrected chi connectivity index (χ2v) is 5.08. The Morgan fingerprint density at radius 1 is 1.17 bits per heavy atom. The Hall–Kier alpha value is -1.13. The standard InChI is InChI=1S/C13H12BrClN2O/c1-7-4-12(18-3)10(15)6-9(7)11-5-8(2)16-13(14)17-11/h4-6H,1-3H3. The van der Waals surface area contributed by atoms with Crippen LogP contribution < -0.4 is 4.74 Å². The third-order valence-corrected chi connectivity index (χ3v) is 3.25. The molecule has 0 spiro atoms. The Balaban J connectivity index is 2.60. The molecule has 94 valence electrons. The average Bonchev–Trinajstić information content (AvgIpc) is 2.30. The van der Waals surface area contributed by atoms with Crippen molar-refractivity contribution in [1.82, 2.24) is 9.97 Å². The highest BCUT2D eigenvalue weighted by Crippen LogP contribution is 2.33. The van der Waals surface area contributed by atoms with Crippen LogP contribution in [0.3, 0.4) is 0 Å². The maximum absolute atomic E-state index is 6.15. The highest BCUT2D eigenvalue weighted by atomic mass is 79.9. The maximum Gasteiger partial charge on any atom is 0.197 e. The number of hydrogen-bond donors (Lipinski definition) is 0. The first kappa shape index (κ1) is 13.3. The van der Waals surface area contributed by atoms with E-state index in [4.69, 9.17) is 16.3 Å². The van der Waals surface area contributed by atoms with Crippen LogP contribution in [0.2, 0.25) is 5.02 Å². The van der Waals surface area contributed by atoms with Crippen LogP contribution in [-0.4, -0.2) is 17.1 Å². The lowest BCUT2D eigenvalue weighted by atomic mass is 10.0. The van der Waals surface area contributed by atoms with Crippen molar-refractivity contribution < 1.29 is 4.74 Å². The summed E-state index contributed by atoms with van der Waals surface area (Å²) in [5.41, 5.74) is 3.78. The van der Waals surface area contributed by atoms with Crippen LogP contribution in [-0.2, 0) is 0 Å². The van der Waals surface area contributed by atoms with Crippen LogP contribution in [0.5, 0.6) is 5.75 Å². The summed E-state index contributed by atoms with van der Waals surface area (Å²) < 4.78 is 5.76. The van der Waals surface area contributed by atoms with E-state index in [1.165, 1.54) is 0 Å². The number of rotatable bonds is 2. The van der Waals surface area contributed by atoms with E-state index in [9.17, 15) is 0 Å². The van der Waals surface area contributed by atoms with Gasteiger partial charge in [-0.25, -0.2) is 9.97 Å². The zero-order chi connectivity index (χ0) is 13.3. The molecular weight excluding hydrogens is 316 g/mol. The molecule has 2 rings (SSSR count). The van der Waals surface area contributed by atoms with Gasteiger partial charge < -0.3 is 4.74 Å². The molecule has 0 fully saturated rings. The monoisotopic (exact) mass is 326 g/mol. The smallest absolute Gasteiger partial charge is 0.197 e. The highest BCUT2D eigenvalue weighted by molar-refractivity contribution is 9.10. The number of ether oxygens (including phenoxy) is 1. The normalized spacial score (nSPS) is 10.5. The lowest BCUT2D eigenvalue weighted by Gasteiger charge is -2.10. The van der Waals surface area contributed by atoms with Gasteiger partial charge in [0.15, 0.2) is 4.73 Å². The van der Waals surface area contributed by atoms with Gasteiger partial charge in [0.05, 0.1) is 17.8 Å². The predicted molar refractivity (Wildman–Crippen MR) is 76.2 cm³/mol. The van der Waals surface area contributed by atoms with E-state index in [0.717, 1.165) is 22.5 Å². The summed E-state index contributed by atoms with van der Waals surface area (Å²) >= 11 is 9.45. The minimum Gasteiger partial charge on any atom is -0.495 e. The van der Waals surface area contributed by atoms with Crippen LogP contribution in [0, 0.1) is 13.8 Å². The van der Waals surface area contributed by atoms with E-state index in [1.54, 1.807) is 7.11 Å². The van der Waals surface area contributed by atoms with Gasteiger partial charge in [-0.15, -0.1) is 0 Å². The van der Waals surface area contributed by atoms with Gasteiger partial charge in [-0.05, 0) is 53.5 Å². The van der Waals surface area contributed by atoms with Gasteiger partial charge in [0.1, 0.15) is 5.75 Å². The summed E-state index contributed by atoms with van der Waals surface area (Å²) in [7, 11) is 1.60. The molecule has 0 N–H and O–H groups in total. The summed E-state index contributed by atoms with van der Waals surface area (Å²) in [5, 5.41) is 0.575. The van der Waals surface area contributed by atoms with Crippen LogP contribution in [0.15, 0.2) is 22.9 Å². The molecule has 0 aliphatic rings. The molecule has 5 heteroatoms. The fourth-order valence-corrected chi connectivity index (χ4v) is 2.47. The Morgan fingerprint density at radius 2 is 1.89 bits per heavy atom. The molecule has 0 aliphatic carbocycles. The summed E-state index contributed by atoms with van der Waals surface area (Å²) in [6.07, 6.45) is 0. The van der Waals surface area contributed by atoms with Crippen molar-refractivity contribution in [2.45, 2.75) is 13.8 Å². The van der Waals surface area contributed by atoms with Gasteiger partial charge in [0, 0.05) is 11.3 Å². The molecule has 0 aliphatic heterocycles. The SMILES string of the molecule is COc1cc(C)c(-c2cc(C)nc(Br)n2)cc1Cl. The van der Waals surface area contributed by atoms with Crippen molar-refractivity contribution in [2.24, 2.45) is 0 Å². The number of methoxy groups -OCH3 is 1. The van der Waals surface area contributed by atoms with Gasteiger partial charge in [-0.1, -0.05) is 11.6 Å². The minimum atomic E-state index is 0.573. The molecule has 0 bridgehead atoms. The topological polar surface area (TPSA) is 35.0 Å². The second kappa shape index (κ2) is 5.24. The summed E-state index contributed by atoms with van der Waals surface area (Å²) in [6, 6.07) is 5.70. The fraction of sp³-hybridized carbons (Fsp3) is 0.231. The minimum absolute atomic E-state index is 0.573. The number of halogens is 2. The molecule has 1 aromatic carbocycles. The quantitative estimate of drug-likeness (QED) is 0.776. The Kier molecular flexibility index (Phi) is 3.88. The summed E-state index contributed by atoms with van der Waals surface area (Å²) in [4.78, 5) is 8.56. The Bertz CT molecular complexity index is 582. The molecule has 0 radical (unpaired) electrons. The lowest BCUT2D eigenvalue weighted by molar-refractivity contribution is 0.415. The van der Waals surface area contributed by atoms with Crippen LogP contribution in [0.4, 0.5) is 0 Å². The zero-order valence-corrected chi connectivity index (χ0v) is 12.6. The first-order valence-electron chi connectivity index (χ1n) is 5.37. The molecular formula is C13H12BrClN2O. The third-order valence-electron chi connectivity index (χ3n) is 2.60. The number of benzene rings is 1. The van der Waals surface area contributed by atoms with Crippen LogP contribution in [0.1, 0.15) is 11.3 Å². The van der Waals surface area contributed by atoms with Gasteiger partial charge in [0.2, 0.25) is 0 Å². The Labute approximate surface area is 119 Å². The fourth-order valence-electron chi connectivity index (χ4n) is 1.76. The molecule has 2 aromatic rings. The molecule has 0 unspecified atom stereocenters. The first-order chi connectivity index (χ1) is 8.51. The van der Waals surface area contributed by atoms with Crippen LogP contribution >= 0.6 is 27.5 Å². The average molecular weight is 328 g/mol. The van der Waals surface area contributed by atoms with E-state index in [1.807, 2.05) is 32.0 Å². The molecule has 1 aromatic heterocycles. The molecule has 18 heavy (non-hydrogen) atoms. The van der Waals surface area contributed by atoms with Crippen LogP contribution in [0.25, 0.3) is 11.3 Å². The number of aryl methyl sites for hydroxylation is 2. The molecule has 0 saturated heterocycles. The van der Waals surface area contributed by atoms with E-state index < -0.39 is 0 Å². The van der Waals surface area contributed by atoms with E-state index in [0.29, 0.717) is 15.5 Å². The van der Waals surface area contributed by atoms with Gasteiger partial charge >= 0.3 is 0 Å². The van der Waals surface area contributed by atoms with Crippen molar-refractivity contribution in [3.8, 4) is 17.0 Å². The molecule has 0 amide bonds. The zero-order valence-electron chi connectivity index (χ0n) is 10.3. The lowest BCUT2D eigenvalue weighted by Crippen LogP contribution is -1.94. The number of nitrogens with zero attached hydrogens (tertiary/aromatic N) is 2. The van der Waals surface area contributed by atoms with E-state index in [2.05, 4.69) is 25.9 Å². The maximum atomic E-state index is 6.15. The van der Waals surface area contributed by atoms with E-state index >= 15 is 0 Å². The van der Waals surface area contributed by atoms with Crippen molar-refractivity contribution in [2.75, 3.05) is 7.11 Å². The summed E-state index contributed by atoms with van der Waals surface area (Å²) in [6.45, 7) is 3.93. The molecule has 0 saturated carbocycles. The number of aromatic nitrogens is 2. The largest absolute Gasteiger partial charge is 0.495 e. The summed E-state index contributed by atoms with van der Waals surface area (Å²) in [5.74, 6) is 0.669. The Morgan fingerprint density at radius 3 is 2.50 bits per heavy atom. The van der Waals surface area contributed by atoms with Gasteiger partial charge in [0.25, 0.3) is 0 Å². The van der Waals surface area contributed by atoms with Crippen molar-refractivity contribution >= 4 is 27.5 Å². The van der Waals surface area contributed by atoms with E-state index in [-0.39, 0.29) is 0 Å². The highest BCUT2D eigenvalue weighted by Gasteiger charge is 2.10. The predicted octanol–water partition coefficient (Wildman–Crippen LogP) is 4.18. The van der Waals surface area contributed by atoms with Crippen molar-refractivity contribution in [3.05, 3.63) is 39.2 Å². The van der Waals surface area contributed by atoms with Gasteiger partial charge in [-0.2, -0.15) is 0 Å². The van der Waals surface area contributed by atoms with Crippen molar-refractivity contribution in [3.63, 3.8) is 0 Å². The van der Waals surface area contributed by atoms with Gasteiger partial charge in [-0.3, -0.25) is 0 Å². The first-order valence-corrected chi connectivity index (χ1v) is 6.54.